The van der Waals surface area contributed by atoms with Crippen molar-refractivity contribution in [2.24, 2.45) is 17.4 Å². The van der Waals surface area contributed by atoms with Gasteiger partial charge in [-0.2, -0.15) is 0 Å². The van der Waals surface area contributed by atoms with Gasteiger partial charge in [-0.25, -0.2) is 0 Å². The van der Waals surface area contributed by atoms with Crippen LogP contribution in [0.4, 0.5) is 0 Å². The van der Waals surface area contributed by atoms with Gasteiger partial charge in [-0.3, -0.25) is 0 Å². The van der Waals surface area contributed by atoms with Crippen LogP contribution in [0.15, 0.2) is 0 Å². The summed E-state index contributed by atoms with van der Waals surface area (Å²) in [4.78, 5) is 0. The van der Waals surface area contributed by atoms with Crippen molar-refractivity contribution >= 4 is 0 Å². The second kappa shape index (κ2) is 8.02. The fourth-order valence-corrected chi connectivity index (χ4v) is 1.11. The van der Waals surface area contributed by atoms with Crippen LogP contribution in [-0.2, 0) is 0 Å². The molecule has 0 spiro atoms. The van der Waals surface area contributed by atoms with Crippen LogP contribution in [0.25, 0.3) is 0 Å². The van der Waals surface area contributed by atoms with Crippen molar-refractivity contribution in [3.05, 3.63) is 0 Å². The Hall–Kier alpha value is -0.0800. The van der Waals surface area contributed by atoms with Gasteiger partial charge in [-0.1, -0.05) is 26.2 Å². The lowest BCUT2D eigenvalue weighted by molar-refractivity contribution is 0.496. The Morgan fingerprint density at radius 3 is 2.18 bits per heavy atom. The van der Waals surface area contributed by atoms with Gasteiger partial charge in [0.05, 0.1) is 0 Å². The topological polar surface area (TPSA) is 52.0 Å². The molecule has 0 aliphatic rings. The first-order valence-electron chi connectivity index (χ1n) is 4.71. The molecule has 0 aromatic heterocycles. The number of nitrogens with two attached hydrogens (primary N) is 2. The maximum absolute atomic E-state index is 5.49. The van der Waals surface area contributed by atoms with Crippen LogP contribution in [0.3, 0.4) is 0 Å². The Kier molecular flexibility index (Phi) is 7.96. The van der Waals surface area contributed by atoms with Crippen LogP contribution < -0.4 is 11.5 Å². The molecule has 1 unspecified atom stereocenters. The van der Waals surface area contributed by atoms with Gasteiger partial charge >= 0.3 is 0 Å². The standard InChI is InChI=1S/C9H22N2/c1-9(8-11)6-4-2-3-5-7-10/h9H,2-8,10-11H2,1H3. The van der Waals surface area contributed by atoms with Crippen molar-refractivity contribution in [3.8, 4) is 0 Å². The molecule has 1 atom stereocenters. The van der Waals surface area contributed by atoms with Crippen LogP contribution in [-0.4, -0.2) is 13.1 Å². The van der Waals surface area contributed by atoms with Gasteiger partial charge in [0.1, 0.15) is 0 Å². The second-order valence-corrected chi connectivity index (χ2v) is 3.33. The zero-order chi connectivity index (χ0) is 8.53. The van der Waals surface area contributed by atoms with E-state index in [0.29, 0.717) is 5.92 Å². The summed E-state index contributed by atoms with van der Waals surface area (Å²) in [6.07, 6.45) is 6.38. The van der Waals surface area contributed by atoms with Gasteiger partial charge < -0.3 is 11.5 Å². The minimum atomic E-state index is 0.702. The molecule has 11 heavy (non-hydrogen) atoms. The van der Waals surface area contributed by atoms with Gasteiger partial charge in [0.2, 0.25) is 0 Å². The van der Waals surface area contributed by atoms with E-state index in [9.17, 15) is 0 Å². The van der Waals surface area contributed by atoms with E-state index >= 15 is 0 Å². The summed E-state index contributed by atoms with van der Waals surface area (Å²) in [5.74, 6) is 0.702. The average molecular weight is 158 g/mol. The van der Waals surface area contributed by atoms with Crippen LogP contribution >= 0.6 is 0 Å². The first-order valence-corrected chi connectivity index (χ1v) is 4.71. The predicted octanol–water partition coefficient (Wildman–Crippen LogP) is 1.49. The molecular formula is C9H22N2. The van der Waals surface area contributed by atoms with Crippen molar-refractivity contribution < 1.29 is 0 Å². The highest BCUT2D eigenvalue weighted by molar-refractivity contribution is 4.53. The van der Waals surface area contributed by atoms with E-state index < -0.39 is 0 Å². The molecule has 0 radical (unpaired) electrons. The largest absolute Gasteiger partial charge is 0.330 e. The lowest BCUT2D eigenvalue weighted by Gasteiger charge is -2.06. The van der Waals surface area contributed by atoms with E-state index in [1.165, 1.54) is 32.1 Å². The van der Waals surface area contributed by atoms with Gasteiger partial charge in [0, 0.05) is 0 Å². The second-order valence-electron chi connectivity index (χ2n) is 3.33. The van der Waals surface area contributed by atoms with Gasteiger partial charge in [-0.05, 0) is 31.8 Å². The highest BCUT2D eigenvalue weighted by atomic mass is 14.5. The Labute approximate surface area is 70.3 Å². The summed E-state index contributed by atoms with van der Waals surface area (Å²) >= 11 is 0. The van der Waals surface area contributed by atoms with Crippen molar-refractivity contribution in [2.75, 3.05) is 13.1 Å². The predicted molar refractivity (Wildman–Crippen MR) is 50.4 cm³/mol. The van der Waals surface area contributed by atoms with Crippen LogP contribution in [0.5, 0.6) is 0 Å². The molecule has 0 aliphatic carbocycles. The van der Waals surface area contributed by atoms with Gasteiger partial charge in [0.25, 0.3) is 0 Å². The maximum atomic E-state index is 5.49. The zero-order valence-electron chi connectivity index (χ0n) is 7.68. The van der Waals surface area contributed by atoms with Crippen molar-refractivity contribution in [2.45, 2.75) is 39.0 Å². The Bertz CT molecular complexity index is 74.0. The van der Waals surface area contributed by atoms with Crippen molar-refractivity contribution in [1.82, 2.24) is 0 Å². The minimum Gasteiger partial charge on any atom is -0.330 e. The molecule has 0 saturated heterocycles. The molecule has 0 aromatic carbocycles. The van der Waals surface area contributed by atoms with Crippen molar-refractivity contribution in [1.29, 1.82) is 0 Å². The van der Waals surface area contributed by atoms with E-state index in [2.05, 4.69) is 6.92 Å². The van der Waals surface area contributed by atoms with Crippen LogP contribution in [0.1, 0.15) is 39.0 Å². The molecule has 0 saturated carbocycles. The Morgan fingerprint density at radius 1 is 1.00 bits per heavy atom. The molecule has 0 rings (SSSR count). The fourth-order valence-electron chi connectivity index (χ4n) is 1.11. The molecule has 0 aromatic rings. The molecule has 68 valence electrons. The fraction of sp³-hybridized carbons (Fsp3) is 1.00. The molecule has 0 fully saturated rings. The third kappa shape index (κ3) is 7.82. The van der Waals surface area contributed by atoms with Gasteiger partial charge in [0.15, 0.2) is 0 Å². The molecular weight excluding hydrogens is 136 g/mol. The summed E-state index contributed by atoms with van der Waals surface area (Å²) in [5, 5.41) is 0. The summed E-state index contributed by atoms with van der Waals surface area (Å²) < 4.78 is 0. The number of unbranched alkanes of at least 4 members (excludes halogenated alkanes) is 3. The van der Waals surface area contributed by atoms with Crippen molar-refractivity contribution in [3.63, 3.8) is 0 Å². The monoisotopic (exact) mass is 158 g/mol. The van der Waals surface area contributed by atoms with E-state index in [1.54, 1.807) is 0 Å². The van der Waals surface area contributed by atoms with E-state index in [0.717, 1.165) is 13.1 Å². The first kappa shape index (κ1) is 10.9. The Balaban J connectivity index is 2.89. The van der Waals surface area contributed by atoms with E-state index in [4.69, 9.17) is 11.5 Å². The lowest BCUT2D eigenvalue weighted by atomic mass is 10.0. The van der Waals surface area contributed by atoms with Crippen LogP contribution in [0, 0.1) is 5.92 Å². The summed E-state index contributed by atoms with van der Waals surface area (Å²) in [6.45, 7) is 3.88. The number of rotatable bonds is 7. The summed E-state index contributed by atoms with van der Waals surface area (Å²) in [7, 11) is 0. The molecule has 0 bridgehead atoms. The molecule has 0 aliphatic heterocycles. The van der Waals surface area contributed by atoms with E-state index in [-0.39, 0.29) is 0 Å². The molecule has 2 nitrogen and oxygen atoms in total. The molecule has 2 heteroatoms. The van der Waals surface area contributed by atoms with E-state index in [1.807, 2.05) is 0 Å². The summed E-state index contributed by atoms with van der Waals surface area (Å²) in [6, 6.07) is 0. The maximum Gasteiger partial charge on any atom is -0.00515 e. The quantitative estimate of drug-likeness (QED) is 0.551. The van der Waals surface area contributed by atoms with Gasteiger partial charge in [-0.15, -0.1) is 0 Å². The lowest BCUT2D eigenvalue weighted by Crippen LogP contribution is -2.10. The normalized spacial score (nSPS) is 13.4. The highest BCUT2D eigenvalue weighted by Gasteiger charge is 1.97. The first-order chi connectivity index (χ1) is 5.31. The van der Waals surface area contributed by atoms with Crippen LogP contribution in [0.2, 0.25) is 0 Å². The smallest absolute Gasteiger partial charge is 0.00515 e. The summed E-state index contributed by atoms with van der Waals surface area (Å²) in [5.41, 5.74) is 10.9. The molecule has 0 amide bonds. The third-order valence-corrected chi connectivity index (χ3v) is 2.05. The Morgan fingerprint density at radius 2 is 1.64 bits per heavy atom. The molecule has 0 heterocycles. The minimum absolute atomic E-state index is 0.702. The highest BCUT2D eigenvalue weighted by Crippen LogP contribution is 2.08. The average Bonchev–Trinajstić information content (AvgIpc) is 2.04. The third-order valence-electron chi connectivity index (χ3n) is 2.05. The zero-order valence-corrected chi connectivity index (χ0v) is 7.68. The number of hydrogen-bond donors (Lipinski definition) is 2. The molecule has 4 N–H and O–H groups in total. The SMILES string of the molecule is CC(CN)CCCCCCN. The number of hydrogen-bond acceptors (Lipinski definition) is 2.